The van der Waals surface area contributed by atoms with E-state index >= 15 is 0 Å². The molecule has 0 aliphatic rings. The molecule has 1 N–H and O–H groups in total. The van der Waals surface area contributed by atoms with E-state index < -0.39 is 0 Å². The first-order valence-electron chi connectivity index (χ1n) is 11.1. The number of hydrazone groups is 1. The standard InChI is InChI=1S/C28H29N3O2/c1-28(2,3)23-13-15-24(16-14-23)33-20-27(32)30-29-17-22-19-31(18-21-9-5-4-6-10-21)26-12-8-7-11-25(22)26/h4-17,19H,18,20H2,1-3H3,(H,30,32)/b29-17-. The molecule has 0 fully saturated rings. The second-order valence-electron chi connectivity index (χ2n) is 9.07. The predicted molar refractivity (Wildman–Crippen MR) is 134 cm³/mol. The maximum absolute atomic E-state index is 12.2. The number of rotatable bonds is 7. The number of fused-ring (bicyclic) bond motifs is 1. The number of para-hydroxylation sites is 1. The molecule has 1 amide bonds. The number of hydrogen-bond acceptors (Lipinski definition) is 3. The van der Waals surface area contributed by atoms with Gasteiger partial charge in [0.25, 0.3) is 5.91 Å². The number of amides is 1. The van der Waals surface area contributed by atoms with Gasteiger partial charge in [0.1, 0.15) is 5.75 Å². The lowest BCUT2D eigenvalue weighted by Gasteiger charge is -2.19. The van der Waals surface area contributed by atoms with E-state index in [1.807, 2.05) is 54.6 Å². The highest BCUT2D eigenvalue weighted by atomic mass is 16.5. The lowest BCUT2D eigenvalue weighted by atomic mass is 9.87. The Labute approximate surface area is 194 Å². The third kappa shape index (κ3) is 5.69. The number of hydrogen-bond donors (Lipinski definition) is 1. The molecule has 1 heterocycles. The molecule has 0 unspecified atom stereocenters. The van der Waals surface area contributed by atoms with Crippen molar-refractivity contribution in [3.05, 3.63) is 102 Å². The number of ether oxygens (including phenoxy) is 1. The van der Waals surface area contributed by atoms with Crippen molar-refractivity contribution >= 4 is 23.0 Å². The van der Waals surface area contributed by atoms with E-state index in [1.165, 1.54) is 11.1 Å². The SMILES string of the molecule is CC(C)(C)c1ccc(OCC(=O)N/N=C\c2cn(Cc3ccccc3)c3ccccc23)cc1. The van der Waals surface area contributed by atoms with Crippen LogP contribution >= 0.6 is 0 Å². The fourth-order valence-electron chi connectivity index (χ4n) is 3.70. The molecule has 168 valence electrons. The molecule has 0 spiro atoms. The Kier molecular flexibility index (Phi) is 6.59. The summed E-state index contributed by atoms with van der Waals surface area (Å²) in [5.74, 6) is 0.352. The number of nitrogens with one attached hydrogen (secondary N) is 1. The summed E-state index contributed by atoms with van der Waals surface area (Å²) >= 11 is 0. The van der Waals surface area contributed by atoms with Gasteiger partial charge >= 0.3 is 0 Å². The van der Waals surface area contributed by atoms with Crippen LogP contribution in [0.4, 0.5) is 0 Å². The zero-order chi connectivity index (χ0) is 23.3. The van der Waals surface area contributed by atoms with Gasteiger partial charge < -0.3 is 9.30 Å². The van der Waals surface area contributed by atoms with E-state index in [1.54, 1.807) is 6.21 Å². The average molecular weight is 440 g/mol. The van der Waals surface area contributed by atoms with Crippen molar-refractivity contribution in [1.82, 2.24) is 9.99 Å². The minimum Gasteiger partial charge on any atom is -0.484 e. The minimum absolute atomic E-state index is 0.0782. The molecule has 0 saturated carbocycles. The maximum atomic E-state index is 12.2. The van der Waals surface area contributed by atoms with Gasteiger partial charge in [0.2, 0.25) is 0 Å². The summed E-state index contributed by atoms with van der Waals surface area (Å²) in [6.07, 6.45) is 3.74. The fraction of sp³-hybridized carbons (Fsp3) is 0.214. The molecule has 0 aliphatic carbocycles. The summed E-state index contributed by atoms with van der Waals surface area (Å²) in [6, 6.07) is 26.3. The lowest BCUT2D eigenvalue weighted by molar-refractivity contribution is -0.123. The zero-order valence-corrected chi connectivity index (χ0v) is 19.3. The van der Waals surface area contributed by atoms with Crippen molar-refractivity contribution in [2.45, 2.75) is 32.7 Å². The van der Waals surface area contributed by atoms with Crippen LogP contribution in [-0.2, 0) is 16.8 Å². The molecule has 33 heavy (non-hydrogen) atoms. The Morgan fingerprint density at radius 1 is 0.970 bits per heavy atom. The van der Waals surface area contributed by atoms with Crippen LogP contribution < -0.4 is 10.2 Å². The van der Waals surface area contributed by atoms with Crippen LogP contribution in [0.15, 0.2) is 90.2 Å². The Morgan fingerprint density at radius 2 is 1.67 bits per heavy atom. The van der Waals surface area contributed by atoms with Gasteiger partial charge in [-0.1, -0.05) is 81.4 Å². The number of carbonyl (C=O) groups is 1. The van der Waals surface area contributed by atoms with Crippen LogP contribution in [0.1, 0.15) is 37.5 Å². The van der Waals surface area contributed by atoms with Crippen LogP contribution in [0.3, 0.4) is 0 Å². The number of aromatic nitrogens is 1. The summed E-state index contributed by atoms with van der Waals surface area (Å²) in [6.45, 7) is 7.15. The van der Waals surface area contributed by atoms with Crippen molar-refractivity contribution in [2.75, 3.05) is 6.61 Å². The van der Waals surface area contributed by atoms with Gasteiger partial charge in [0, 0.05) is 29.2 Å². The Morgan fingerprint density at radius 3 is 2.39 bits per heavy atom. The molecule has 0 aliphatic heterocycles. The van der Waals surface area contributed by atoms with Gasteiger partial charge in [-0.25, -0.2) is 5.43 Å². The number of carbonyl (C=O) groups excluding carboxylic acids is 1. The predicted octanol–water partition coefficient (Wildman–Crippen LogP) is 5.52. The normalized spacial score (nSPS) is 11.7. The number of nitrogens with zero attached hydrogens (tertiary/aromatic N) is 2. The molecule has 5 nitrogen and oxygen atoms in total. The molecule has 4 aromatic rings. The van der Waals surface area contributed by atoms with Crippen molar-refractivity contribution in [3.8, 4) is 5.75 Å². The highest BCUT2D eigenvalue weighted by Gasteiger charge is 2.13. The molecule has 0 bridgehead atoms. The Hall–Kier alpha value is -3.86. The van der Waals surface area contributed by atoms with Gasteiger partial charge in [-0.05, 0) is 34.7 Å². The topological polar surface area (TPSA) is 55.6 Å². The van der Waals surface area contributed by atoms with Gasteiger partial charge in [0.15, 0.2) is 6.61 Å². The average Bonchev–Trinajstić information content (AvgIpc) is 3.15. The third-order valence-electron chi connectivity index (χ3n) is 5.50. The molecule has 3 aromatic carbocycles. The molecule has 4 rings (SSSR count). The minimum atomic E-state index is -0.306. The van der Waals surface area contributed by atoms with Crippen LogP contribution in [0.5, 0.6) is 5.75 Å². The largest absolute Gasteiger partial charge is 0.484 e. The molecule has 0 saturated heterocycles. The Bertz CT molecular complexity index is 1250. The van der Waals surface area contributed by atoms with Crippen molar-refractivity contribution in [2.24, 2.45) is 5.10 Å². The first kappa shape index (κ1) is 22.3. The van der Waals surface area contributed by atoms with E-state index in [0.29, 0.717) is 5.75 Å². The van der Waals surface area contributed by atoms with E-state index in [4.69, 9.17) is 4.74 Å². The second kappa shape index (κ2) is 9.74. The van der Waals surface area contributed by atoms with E-state index in [0.717, 1.165) is 23.0 Å². The summed E-state index contributed by atoms with van der Waals surface area (Å²) in [5, 5.41) is 5.24. The number of benzene rings is 3. The summed E-state index contributed by atoms with van der Waals surface area (Å²) in [5.41, 5.74) is 7.14. The lowest BCUT2D eigenvalue weighted by Crippen LogP contribution is -2.24. The highest BCUT2D eigenvalue weighted by molar-refractivity contribution is 5.99. The van der Waals surface area contributed by atoms with Gasteiger partial charge in [-0.15, -0.1) is 0 Å². The van der Waals surface area contributed by atoms with E-state index in [2.05, 4.69) is 66.3 Å². The zero-order valence-electron chi connectivity index (χ0n) is 19.3. The first-order chi connectivity index (χ1) is 15.9. The first-order valence-corrected chi connectivity index (χ1v) is 11.1. The van der Waals surface area contributed by atoms with E-state index in [-0.39, 0.29) is 17.9 Å². The summed E-state index contributed by atoms with van der Waals surface area (Å²) < 4.78 is 7.78. The molecule has 0 atom stereocenters. The van der Waals surface area contributed by atoms with Crippen LogP contribution in [0.2, 0.25) is 0 Å². The third-order valence-corrected chi connectivity index (χ3v) is 5.50. The monoisotopic (exact) mass is 439 g/mol. The van der Waals surface area contributed by atoms with Gasteiger partial charge in [-0.3, -0.25) is 4.79 Å². The van der Waals surface area contributed by atoms with Crippen molar-refractivity contribution in [1.29, 1.82) is 0 Å². The van der Waals surface area contributed by atoms with Crippen molar-refractivity contribution in [3.63, 3.8) is 0 Å². The second-order valence-corrected chi connectivity index (χ2v) is 9.07. The molecular formula is C28H29N3O2. The van der Waals surface area contributed by atoms with Crippen LogP contribution in [0.25, 0.3) is 10.9 Å². The molecule has 1 aromatic heterocycles. The van der Waals surface area contributed by atoms with Gasteiger partial charge in [0.05, 0.1) is 6.21 Å². The molecule has 5 heteroatoms. The summed E-state index contributed by atoms with van der Waals surface area (Å²) in [4.78, 5) is 12.2. The van der Waals surface area contributed by atoms with Crippen LogP contribution in [0, 0.1) is 0 Å². The van der Waals surface area contributed by atoms with Gasteiger partial charge in [-0.2, -0.15) is 5.10 Å². The van der Waals surface area contributed by atoms with Crippen LogP contribution in [-0.4, -0.2) is 23.3 Å². The highest BCUT2D eigenvalue weighted by Crippen LogP contribution is 2.24. The smallest absolute Gasteiger partial charge is 0.277 e. The Balaban J connectivity index is 1.38. The van der Waals surface area contributed by atoms with Crippen molar-refractivity contribution < 1.29 is 9.53 Å². The summed E-state index contributed by atoms with van der Waals surface area (Å²) in [7, 11) is 0. The fourth-order valence-corrected chi connectivity index (χ4v) is 3.70. The molecular weight excluding hydrogens is 410 g/mol. The molecule has 0 radical (unpaired) electrons. The maximum Gasteiger partial charge on any atom is 0.277 e. The quantitative estimate of drug-likeness (QED) is 0.305. The van der Waals surface area contributed by atoms with E-state index in [9.17, 15) is 4.79 Å².